The number of aliphatic imine (C=N–C) groups is 1. The maximum absolute atomic E-state index is 12.6. The van der Waals surface area contributed by atoms with E-state index in [0.717, 1.165) is 0 Å². The first-order valence-corrected chi connectivity index (χ1v) is 10.5. The smallest absolute Gasteiger partial charge is 0.326 e. The van der Waals surface area contributed by atoms with E-state index >= 15 is 0 Å². The van der Waals surface area contributed by atoms with E-state index in [1.807, 2.05) is 6.92 Å². The number of nitrogens with one attached hydrogen (secondary N) is 3. The van der Waals surface area contributed by atoms with Crippen molar-refractivity contribution in [3.63, 3.8) is 0 Å². The molecule has 14 heteroatoms. The highest BCUT2D eigenvalue weighted by Crippen LogP contribution is 2.06. The van der Waals surface area contributed by atoms with Crippen LogP contribution in [-0.2, 0) is 24.0 Å². The summed E-state index contributed by atoms with van der Waals surface area (Å²) in [5, 5.41) is 16.3. The third kappa shape index (κ3) is 11.7. The molecule has 0 radical (unpaired) electrons. The number of guanidine groups is 1. The number of nitrogens with two attached hydrogens (primary N) is 4. The average Bonchev–Trinajstić information content (AvgIpc) is 2.72. The molecule has 4 amide bonds. The van der Waals surface area contributed by atoms with Crippen molar-refractivity contribution in [3.8, 4) is 0 Å². The lowest BCUT2D eigenvalue weighted by Gasteiger charge is -2.24. The van der Waals surface area contributed by atoms with Gasteiger partial charge in [0.2, 0.25) is 23.6 Å². The Labute approximate surface area is 192 Å². The van der Waals surface area contributed by atoms with Gasteiger partial charge in [-0.25, -0.2) is 4.79 Å². The van der Waals surface area contributed by atoms with Crippen molar-refractivity contribution in [1.29, 1.82) is 0 Å². The Morgan fingerprint density at radius 2 is 1.48 bits per heavy atom. The van der Waals surface area contributed by atoms with Crippen LogP contribution < -0.4 is 38.9 Å². The SMILES string of the molecule is CCC(C)C(N)C(=O)NC(C)C(=O)NC(CC(N)=O)C(=O)NC(CCCN=C(N)N)C(=O)O. The maximum Gasteiger partial charge on any atom is 0.326 e. The molecule has 0 aliphatic rings. The van der Waals surface area contributed by atoms with Gasteiger partial charge in [0.15, 0.2) is 5.96 Å². The molecule has 5 unspecified atom stereocenters. The molecule has 0 aliphatic heterocycles. The van der Waals surface area contributed by atoms with Crippen molar-refractivity contribution >= 4 is 35.6 Å². The highest BCUT2D eigenvalue weighted by Gasteiger charge is 2.30. The number of primary amides is 1. The minimum atomic E-state index is -1.45. The van der Waals surface area contributed by atoms with Crippen LogP contribution in [0.15, 0.2) is 4.99 Å². The van der Waals surface area contributed by atoms with Gasteiger partial charge in [-0.3, -0.25) is 24.2 Å². The largest absolute Gasteiger partial charge is 0.480 e. The summed E-state index contributed by atoms with van der Waals surface area (Å²) in [4.78, 5) is 63.8. The number of carboxylic acids is 1. The first-order chi connectivity index (χ1) is 15.3. The summed E-state index contributed by atoms with van der Waals surface area (Å²) in [6.45, 7) is 5.18. The van der Waals surface area contributed by atoms with Gasteiger partial charge in [-0.2, -0.15) is 0 Å². The molecule has 0 bridgehead atoms. The highest BCUT2D eigenvalue weighted by molar-refractivity contribution is 5.95. The van der Waals surface area contributed by atoms with Gasteiger partial charge >= 0.3 is 5.97 Å². The number of carbonyl (C=O) groups excluding carboxylic acids is 4. The average molecular weight is 473 g/mol. The zero-order valence-electron chi connectivity index (χ0n) is 19.2. The number of carbonyl (C=O) groups is 5. The number of rotatable bonds is 15. The molecule has 0 aromatic rings. The molecule has 14 nitrogen and oxygen atoms in total. The molecule has 0 saturated heterocycles. The second-order valence-electron chi connectivity index (χ2n) is 7.72. The third-order valence-electron chi connectivity index (χ3n) is 4.91. The summed E-state index contributed by atoms with van der Waals surface area (Å²) in [5.74, 6) is -4.74. The predicted molar refractivity (Wildman–Crippen MR) is 120 cm³/mol. The monoisotopic (exact) mass is 472 g/mol. The van der Waals surface area contributed by atoms with Crippen LogP contribution in [0, 0.1) is 5.92 Å². The molecule has 0 rings (SSSR count). The van der Waals surface area contributed by atoms with Crippen molar-refractivity contribution in [2.24, 2.45) is 33.8 Å². The van der Waals surface area contributed by atoms with Crippen LogP contribution in [-0.4, -0.2) is 71.4 Å². The van der Waals surface area contributed by atoms with Crippen molar-refractivity contribution in [2.75, 3.05) is 6.54 Å². The van der Waals surface area contributed by atoms with Crippen LogP contribution in [0.25, 0.3) is 0 Å². The lowest BCUT2D eigenvalue weighted by Crippen LogP contribution is -2.57. The molecule has 33 heavy (non-hydrogen) atoms. The second-order valence-corrected chi connectivity index (χ2v) is 7.72. The quantitative estimate of drug-likeness (QED) is 0.0678. The van der Waals surface area contributed by atoms with Gasteiger partial charge in [0.05, 0.1) is 12.5 Å². The number of hydrogen-bond acceptors (Lipinski definition) is 7. The second kappa shape index (κ2) is 14.6. The zero-order chi connectivity index (χ0) is 25.7. The standard InChI is InChI=1S/C19H36N8O6/c1-4-9(2)14(21)17(31)25-10(3)15(29)27-12(8-13(20)28)16(30)26-11(18(32)33)6-5-7-24-19(22)23/h9-12,14H,4-8,21H2,1-3H3,(H2,20,28)(H,25,31)(H,26,30)(H,27,29)(H,32,33)(H4,22,23,24). The van der Waals surface area contributed by atoms with Gasteiger partial charge in [0.25, 0.3) is 0 Å². The van der Waals surface area contributed by atoms with E-state index in [0.29, 0.717) is 6.42 Å². The molecular weight excluding hydrogens is 436 g/mol. The van der Waals surface area contributed by atoms with Crippen LogP contribution >= 0.6 is 0 Å². The molecule has 0 heterocycles. The van der Waals surface area contributed by atoms with Gasteiger partial charge in [-0.15, -0.1) is 0 Å². The molecular formula is C19H36N8O6. The number of amides is 4. The highest BCUT2D eigenvalue weighted by atomic mass is 16.4. The molecule has 0 saturated carbocycles. The van der Waals surface area contributed by atoms with E-state index in [2.05, 4.69) is 20.9 Å². The first-order valence-electron chi connectivity index (χ1n) is 10.5. The minimum absolute atomic E-state index is 0.00491. The third-order valence-corrected chi connectivity index (χ3v) is 4.91. The summed E-state index contributed by atoms with van der Waals surface area (Å²) >= 11 is 0. The van der Waals surface area contributed by atoms with Gasteiger partial charge in [0.1, 0.15) is 18.1 Å². The van der Waals surface area contributed by atoms with Crippen LogP contribution in [0.3, 0.4) is 0 Å². The summed E-state index contributed by atoms with van der Waals surface area (Å²) in [5.41, 5.74) is 21.4. The predicted octanol–water partition coefficient (Wildman–Crippen LogP) is -3.15. The molecule has 0 fully saturated rings. The van der Waals surface area contributed by atoms with Crippen LogP contribution in [0.1, 0.15) is 46.5 Å². The summed E-state index contributed by atoms with van der Waals surface area (Å²) in [7, 11) is 0. The summed E-state index contributed by atoms with van der Waals surface area (Å²) in [6, 6.07) is -4.67. The molecule has 0 spiro atoms. The molecule has 188 valence electrons. The topological polar surface area (TPSA) is 258 Å². The molecule has 0 aromatic carbocycles. The fourth-order valence-corrected chi connectivity index (χ4v) is 2.63. The Bertz CT molecular complexity index is 740. The van der Waals surface area contributed by atoms with E-state index in [1.165, 1.54) is 6.92 Å². The zero-order valence-corrected chi connectivity index (χ0v) is 19.2. The van der Waals surface area contributed by atoms with Gasteiger partial charge in [-0.1, -0.05) is 20.3 Å². The fourth-order valence-electron chi connectivity index (χ4n) is 2.63. The maximum atomic E-state index is 12.6. The van der Waals surface area contributed by atoms with Crippen molar-refractivity contribution in [2.45, 2.75) is 70.6 Å². The van der Waals surface area contributed by atoms with E-state index in [4.69, 9.17) is 22.9 Å². The Hall–Kier alpha value is -3.42. The van der Waals surface area contributed by atoms with E-state index in [-0.39, 0.29) is 31.3 Å². The van der Waals surface area contributed by atoms with Gasteiger partial charge in [-0.05, 0) is 25.7 Å². The van der Waals surface area contributed by atoms with Gasteiger partial charge in [0, 0.05) is 6.54 Å². The molecule has 0 aliphatic carbocycles. The van der Waals surface area contributed by atoms with Crippen LogP contribution in [0.5, 0.6) is 0 Å². The summed E-state index contributed by atoms with van der Waals surface area (Å²) in [6.07, 6.45) is 0.328. The van der Waals surface area contributed by atoms with Crippen LogP contribution in [0.2, 0.25) is 0 Å². The van der Waals surface area contributed by atoms with Crippen molar-refractivity contribution < 1.29 is 29.1 Å². The normalized spacial score (nSPS) is 15.2. The lowest BCUT2D eigenvalue weighted by molar-refractivity contribution is -0.142. The van der Waals surface area contributed by atoms with Crippen LogP contribution in [0.4, 0.5) is 0 Å². The van der Waals surface area contributed by atoms with E-state index in [1.54, 1.807) is 6.92 Å². The fraction of sp³-hybridized carbons (Fsp3) is 0.684. The molecule has 5 atom stereocenters. The van der Waals surface area contributed by atoms with E-state index in [9.17, 15) is 29.1 Å². The first kappa shape index (κ1) is 29.6. The minimum Gasteiger partial charge on any atom is -0.480 e. The number of aliphatic carboxylic acids is 1. The number of nitrogens with zero attached hydrogens (tertiary/aromatic N) is 1. The van der Waals surface area contributed by atoms with Crippen molar-refractivity contribution in [3.05, 3.63) is 0 Å². The Morgan fingerprint density at radius 1 is 0.909 bits per heavy atom. The Balaban J connectivity index is 5.14. The lowest BCUT2D eigenvalue weighted by atomic mass is 9.99. The van der Waals surface area contributed by atoms with Crippen molar-refractivity contribution in [1.82, 2.24) is 16.0 Å². The number of carboxylic acid groups (broad SMARTS) is 1. The molecule has 0 aromatic heterocycles. The van der Waals surface area contributed by atoms with Gasteiger partial charge < -0.3 is 44.0 Å². The Morgan fingerprint density at radius 3 is 1.97 bits per heavy atom. The van der Waals surface area contributed by atoms with E-state index < -0.39 is 60.2 Å². The Kier molecular flexibility index (Phi) is 13.1. The molecule has 12 N–H and O–H groups in total. The summed E-state index contributed by atoms with van der Waals surface area (Å²) < 4.78 is 0. The number of hydrogen-bond donors (Lipinski definition) is 8.